The summed E-state index contributed by atoms with van der Waals surface area (Å²) in [7, 11) is 0. The van der Waals surface area contributed by atoms with Gasteiger partial charge < -0.3 is 0 Å². The lowest BCUT2D eigenvalue weighted by molar-refractivity contribution is -0.343. The van der Waals surface area contributed by atoms with Gasteiger partial charge in [0.05, 0.1) is 19.3 Å². The number of alkyl halides is 21. The zero-order valence-electron chi connectivity index (χ0n) is 31.7. The average Bonchev–Trinajstić information content (AvgIpc) is 2.99. The van der Waals surface area contributed by atoms with Crippen molar-refractivity contribution in [1.82, 2.24) is 0 Å². The van der Waals surface area contributed by atoms with E-state index in [1.54, 1.807) is 0 Å². The Kier molecular flexibility index (Phi) is 20.5. The highest BCUT2D eigenvalue weighted by atomic mass is 19.4. The second-order valence-electron chi connectivity index (χ2n) is 14.8. The molecule has 0 radical (unpaired) electrons. The van der Waals surface area contributed by atoms with Gasteiger partial charge in [-0.2, -0.15) is 92.2 Å². The van der Waals surface area contributed by atoms with Gasteiger partial charge >= 0.3 is 54.1 Å². The molecule has 0 aromatic heterocycles. The molecule has 59 heavy (non-hydrogen) atoms. The lowest BCUT2D eigenvalue weighted by Gasteiger charge is -2.27. The number of Topliss-reactive ketones (excluding diaryl/α,β-unsaturated/α-hetero) is 6. The van der Waals surface area contributed by atoms with E-state index in [0.717, 1.165) is 0 Å². The fourth-order valence-corrected chi connectivity index (χ4v) is 2.63. The second-order valence-corrected chi connectivity index (χ2v) is 14.8. The van der Waals surface area contributed by atoms with Gasteiger partial charge in [0.2, 0.25) is 17.3 Å². The van der Waals surface area contributed by atoms with E-state index in [2.05, 4.69) is 11.7 Å². The van der Waals surface area contributed by atoms with Crippen LogP contribution in [0.5, 0.6) is 0 Å². The first kappa shape index (κ1) is 62.1. The summed E-state index contributed by atoms with van der Waals surface area (Å²) in [6.45, 7) is 10.9. The van der Waals surface area contributed by atoms with Crippen molar-refractivity contribution in [1.29, 1.82) is 0 Å². The Morgan fingerprint density at radius 2 is 0.407 bits per heavy atom. The van der Waals surface area contributed by atoms with Crippen LogP contribution in [-0.4, -0.2) is 88.8 Å². The number of carbonyl (C=O) groups is 6. The molecule has 0 aromatic carbocycles. The monoisotopic (exact) mass is 920 g/mol. The number of ketones is 6. The molecule has 0 unspecified atom stereocenters. The van der Waals surface area contributed by atoms with E-state index in [4.69, 9.17) is 0 Å². The van der Waals surface area contributed by atoms with Crippen molar-refractivity contribution in [2.24, 2.45) is 27.9 Å². The van der Waals surface area contributed by atoms with Gasteiger partial charge in [-0.1, -0.05) is 62.3 Å². The van der Waals surface area contributed by atoms with Crippen molar-refractivity contribution >= 4 is 34.7 Å². The lowest BCUT2D eigenvalue weighted by atomic mass is 9.86. The SMILES string of the molecule is CC(C)(C)C(=O)CC(=O)C(F)(F)C(F)(F)C(F)(F)F.CC(C)(C)C(=O)CC(=O)C(F)(F)C(F)(F)C(F)(F)F.CC(C)(C)C(=O)CC(=O)C(F)(F)C(F)(F)C(F)(F)F.NN. The quantitative estimate of drug-likeness (QED) is 0.0852. The molecule has 0 aliphatic carbocycles. The van der Waals surface area contributed by atoms with Crippen LogP contribution in [0, 0.1) is 16.2 Å². The first-order valence-electron chi connectivity index (χ1n) is 15.1. The van der Waals surface area contributed by atoms with Crippen LogP contribution in [-0.2, 0) is 28.8 Å². The van der Waals surface area contributed by atoms with Gasteiger partial charge in [0.1, 0.15) is 17.3 Å². The van der Waals surface area contributed by atoms with Crippen LogP contribution in [0.4, 0.5) is 92.2 Å². The van der Waals surface area contributed by atoms with Crippen LogP contribution < -0.4 is 11.7 Å². The maximum absolute atomic E-state index is 12.9. The molecule has 0 fully saturated rings. The molecule has 0 saturated carbocycles. The molecule has 0 spiro atoms. The molecular weight excluding hydrogens is 883 g/mol. The molecule has 0 aromatic rings. The first-order valence-corrected chi connectivity index (χ1v) is 15.1. The van der Waals surface area contributed by atoms with E-state index in [-0.39, 0.29) is 0 Å². The van der Waals surface area contributed by atoms with Gasteiger partial charge in [-0.05, 0) is 0 Å². The number of hydrogen-bond donors (Lipinski definition) is 2. The average molecular weight is 921 g/mol. The van der Waals surface area contributed by atoms with Gasteiger partial charge in [-0.15, -0.1) is 0 Å². The Hall–Kier alpha value is -3.53. The topological polar surface area (TPSA) is 154 Å². The molecule has 0 atom stereocenters. The molecule has 350 valence electrons. The summed E-state index contributed by atoms with van der Waals surface area (Å²) in [4.78, 5) is 66.2. The summed E-state index contributed by atoms with van der Waals surface area (Å²) < 4.78 is 258. The first-order chi connectivity index (χ1) is 25.1. The minimum absolute atomic E-state index is 1.16. The molecular formula is C30H37F21N2O6. The van der Waals surface area contributed by atoms with Crippen molar-refractivity contribution in [2.45, 2.75) is 136 Å². The summed E-state index contributed by atoms with van der Waals surface area (Å²) in [5.74, 6) is -41.2. The molecule has 29 heteroatoms. The largest absolute Gasteiger partial charge is 0.460 e. The van der Waals surface area contributed by atoms with E-state index in [1.807, 2.05) is 0 Å². The predicted molar refractivity (Wildman–Crippen MR) is 158 cm³/mol. The number of nitrogens with two attached hydrogens (primary N) is 2. The number of halogens is 21. The molecule has 0 bridgehead atoms. The lowest BCUT2D eigenvalue weighted by Crippen LogP contribution is -2.56. The minimum atomic E-state index is -6.59. The molecule has 0 heterocycles. The maximum Gasteiger partial charge on any atom is 0.460 e. The predicted octanol–water partition coefficient (Wildman–Crippen LogP) is 9.00. The van der Waals surface area contributed by atoms with Crippen LogP contribution in [0.3, 0.4) is 0 Å². The highest BCUT2D eigenvalue weighted by molar-refractivity contribution is 6.06. The Balaban J connectivity index is -0.000000376. The second kappa shape index (κ2) is 19.5. The van der Waals surface area contributed by atoms with Crippen LogP contribution in [0.2, 0.25) is 0 Å². The molecule has 0 aliphatic rings. The third kappa shape index (κ3) is 15.5. The van der Waals surface area contributed by atoms with Crippen LogP contribution >= 0.6 is 0 Å². The van der Waals surface area contributed by atoms with Crippen molar-refractivity contribution in [2.75, 3.05) is 0 Å². The normalized spacial score (nSPS) is 14.0. The van der Waals surface area contributed by atoms with E-state index >= 15 is 0 Å². The van der Waals surface area contributed by atoms with Crippen molar-refractivity contribution in [3.05, 3.63) is 0 Å². The fourth-order valence-electron chi connectivity index (χ4n) is 2.63. The summed E-state index contributed by atoms with van der Waals surface area (Å²) in [6.07, 6.45) is -24.8. The number of hydrogen-bond acceptors (Lipinski definition) is 8. The smallest absolute Gasteiger partial charge is 0.299 e. The van der Waals surface area contributed by atoms with Crippen LogP contribution in [0.15, 0.2) is 0 Å². The van der Waals surface area contributed by atoms with Crippen molar-refractivity contribution in [3.8, 4) is 0 Å². The van der Waals surface area contributed by atoms with E-state index in [1.165, 1.54) is 62.3 Å². The number of hydrazine groups is 1. The molecule has 0 saturated heterocycles. The third-order valence-corrected chi connectivity index (χ3v) is 6.77. The fraction of sp³-hybridized carbons (Fsp3) is 0.800. The summed E-state index contributed by atoms with van der Waals surface area (Å²) in [5.41, 5.74) is -3.92. The zero-order chi connectivity index (χ0) is 49.6. The third-order valence-electron chi connectivity index (χ3n) is 6.77. The van der Waals surface area contributed by atoms with Crippen molar-refractivity contribution in [3.63, 3.8) is 0 Å². The van der Waals surface area contributed by atoms with Crippen LogP contribution in [0.25, 0.3) is 0 Å². The molecule has 0 amide bonds. The Bertz CT molecular complexity index is 1320. The zero-order valence-corrected chi connectivity index (χ0v) is 31.7. The van der Waals surface area contributed by atoms with Gasteiger partial charge in [0.15, 0.2) is 0 Å². The van der Waals surface area contributed by atoms with E-state index in [9.17, 15) is 121 Å². The molecule has 8 nitrogen and oxygen atoms in total. The number of carbonyl (C=O) groups excluding carboxylic acids is 6. The minimum Gasteiger partial charge on any atom is -0.299 e. The Morgan fingerprint density at radius 3 is 0.492 bits per heavy atom. The van der Waals surface area contributed by atoms with Crippen molar-refractivity contribution < 1.29 is 121 Å². The van der Waals surface area contributed by atoms with Gasteiger partial charge in [0.25, 0.3) is 0 Å². The molecule has 0 aliphatic heterocycles. The highest BCUT2D eigenvalue weighted by Crippen LogP contribution is 2.49. The Morgan fingerprint density at radius 1 is 0.288 bits per heavy atom. The number of rotatable bonds is 12. The highest BCUT2D eigenvalue weighted by Gasteiger charge is 2.78. The standard InChI is InChI=1S/3C10H11F7O2.H4N2/c3*1-7(2,3)5(18)4-6(19)8(11,12)9(13,14)10(15,16)17;1-2/h3*4H2,1-3H3;1-2H2. The van der Waals surface area contributed by atoms with Crippen LogP contribution in [0.1, 0.15) is 81.6 Å². The summed E-state index contributed by atoms with van der Waals surface area (Å²) in [6, 6.07) is 0. The van der Waals surface area contributed by atoms with Gasteiger partial charge in [0, 0.05) is 16.2 Å². The van der Waals surface area contributed by atoms with Gasteiger partial charge in [-0.3, -0.25) is 40.5 Å². The maximum atomic E-state index is 12.9. The van der Waals surface area contributed by atoms with E-state index in [0.29, 0.717) is 0 Å². The van der Waals surface area contributed by atoms with Gasteiger partial charge in [-0.25, -0.2) is 0 Å². The van der Waals surface area contributed by atoms with E-state index < -0.39 is 124 Å². The summed E-state index contributed by atoms with van der Waals surface area (Å²) >= 11 is 0. The molecule has 0 rings (SSSR count). The summed E-state index contributed by atoms with van der Waals surface area (Å²) in [5, 5.41) is 0. The Labute approximate surface area is 319 Å². The molecule has 4 N–H and O–H groups in total.